The fourth-order valence-corrected chi connectivity index (χ4v) is 4.74. The highest BCUT2D eigenvalue weighted by atomic mass is 16.5. The molecule has 2 saturated heterocycles. The molecule has 2 aliphatic heterocycles. The fourth-order valence-electron chi connectivity index (χ4n) is 4.74. The summed E-state index contributed by atoms with van der Waals surface area (Å²) in [6.45, 7) is 6.80. The number of likely N-dealkylation sites (tertiary alicyclic amines) is 1. The lowest BCUT2D eigenvalue weighted by molar-refractivity contribution is -0.183. The van der Waals surface area contributed by atoms with Crippen molar-refractivity contribution in [2.75, 3.05) is 33.8 Å². The molecule has 0 bridgehead atoms. The number of fused-ring (bicyclic) bond motifs is 1. The third-order valence-electron chi connectivity index (χ3n) is 6.31. The molecule has 0 spiro atoms. The number of hydrogen-bond acceptors (Lipinski definition) is 4. The zero-order valence-electron chi connectivity index (χ0n) is 13.8. The Labute approximate surface area is 127 Å². The average molecular weight is 295 g/mol. The monoisotopic (exact) mass is 295 g/mol. The zero-order valence-corrected chi connectivity index (χ0v) is 13.8. The topological polar surface area (TPSA) is 58.8 Å². The molecular weight excluding hydrogens is 266 g/mol. The van der Waals surface area contributed by atoms with E-state index in [1.165, 1.54) is 12.8 Å². The molecule has 1 aliphatic carbocycles. The summed E-state index contributed by atoms with van der Waals surface area (Å²) in [5, 5.41) is 0. The van der Waals surface area contributed by atoms with Crippen molar-refractivity contribution < 1.29 is 9.53 Å². The quantitative estimate of drug-likeness (QED) is 0.832. The highest BCUT2D eigenvalue weighted by Crippen LogP contribution is 2.58. The summed E-state index contributed by atoms with van der Waals surface area (Å²) in [5.74, 6) is 0.281. The van der Waals surface area contributed by atoms with Crippen molar-refractivity contribution in [2.45, 2.75) is 50.8 Å². The first-order valence-electron chi connectivity index (χ1n) is 8.16. The smallest absolute Gasteiger partial charge is 0.243 e. The van der Waals surface area contributed by atoms with Gasteiger partial charge in [-0.15, -0.1) is 0 Å². The van der Waals surface area contributed by atoms with E-state index in [0.717, 1.165) is 26.1 Å². The molecule has 3 aliphatic rings. The minimum absolute atomic E-state index is 0.0968. The number of carbonyl (C=O) groups is 1. The Kier molecular flexibility index (Phi) is 3.58. The highest BCUT2D eigenvalue weighted by Gasteiger charge is 2.71. The number of ether oxygens (including phenoxy) is 1. The van der Waals surface area contributed by atoms with E-state index in [0.29, 0.717) is 6.04 Å². The van der Waals surface area contributed by atoms with E-state index in [9.17, 15) is 4.79 Å². The van der Waals surface area contributed by atoms with Crippen molar-refractivity contribution in [3.63, 3.8) is 0 Å². The van der Waals surface area contributed by atoms with Crippen molar-refractivity contribution in [1.82, 2.24) is 9.80 Å². The Balaban J connectivity index is 1.72. The predicted molar refractivity (Wildman–Crippen MR) is 81.8 cm³/mol. The molecule has 0 aromatic heterocycles. The first-order chi connectivity index (χ1) is 9.80. The van der Waals surface area contributed by atoms with Crippen LogP contribution in [-0.4, -0.2) is 67.2 Å². The van der Waals surface area contributed by atoms with Gasteiger partial charge in [-0.2, -0.15) is 0 Å². The molecule has 0 aromatic carbocycles. The van der Waals surface area contributed by atoms with Gasteiger partial charge in [0.15, 0.2) is 0 Å². The molecule has 0 aromatic rings. The van der Waals surface area contributed by atoms with E-state index < -0.39 is 5.54 Å². The lowest BCUT2D eigenvalue weighted by atomic mass is 9.47. The van der Waals surface area contributed by atoms with Crippen LogP contribution in [0.4, 0.5) is 0 Å². The summed E-state index contributed by atoms with van der Waals surface area (Å²) in [5.41, 5.74) is 5.59. The minimum Gasteiger partial charge on any atom is -0.377 e. The summed E-state index contributed by atoms with van der Waals surface area (Å²) >= 11 is 0. The molecule has 1 saturated carbocycles. The van der Waals surface area contributed by atoms with Crippen LogP contribution in [0.3, 0.4) is 0 Å². The first-order valence-corrected chi connectivity index (χ1v) is 8.16. The fraction of sp³-hybridized carbons (Fsp3) is 0.938. The highest BCUT2D eigenvalue weighted by molar-refractivity contribution is 5.89. The van der Waals surface area contributed by atoms with Gasteiger partial charge in [0.05, 0.1) is 6.10 Å². The first kappa shape index (κ1) is 15.3. The molecule has 2 N–H and O–H groups in total. The van der Waals surface area contributed by atoms with Crippen molar-refractivity contribution >= 4 is 5.91 Å². The number of likely N-dealkylation sites (N-methyl/N-ethyl adjacent to an activating group) is 2. The Bertz CT molecular complexity index is 439. The average Bonchev–Trinajstić information content (AvgIpc) is 3.06. The Morgan fingerprint density at radius 2 is 2.14 bits per heavy atom. The van der Waals surface area contributed by atoms with E-state index >= 15 is 0 Å². The van der Waals surface area contributed by atoms with Crippen LogP contribution in [-0.2, 0) is 9.53 Å². The van der Waals surface area contributed by atoms with Gasteiger partial charge in [-0.05, 0) is 32.9 Å². The van der Waals surface area contributed by atoms with Crippen molar-refractivity contribution in [1.29, 1.82) is 0 Å². The van der Waals surface area contributed by atoms with Crippen LogP contribution in [0.25, 0.3) is 0 Å². The van der Waals surface area contributed by atoms with E-state index in [4.69, 9.17) is 10.5 Å². The van der Waals surface area contributed by atoms with Crippen LogP contribution in [0.2, 0.25) is 0 Å². The second-order valence-corrected chi connectivity index (χ2v) is 7.74. The number of amides is 1. The van der Waals surface area contributed by atoms with Crippen LogP contribution in [0, 0.1) is 11.3 Å². The number of nitrogens with two attached hydrogens (primary N) is 1. The largest absolute Gasteiger partial charge is 0.377 e. The van der Waals surface area contributed by atoms with E-state index in [1.807, 2.05) is 11.9 Å². The number of rotatable bonds is 3. The Hall–Kier alpha value is -0.650. The molecule has 4 atom stereocenters. The van der Waals surface area contributed by atoms with Crippen LogP contribution >= 0.6 is 0 Å². The zero-order chi connectivity index (χ0) is 15.4. The molecule has 3 rings (SSSR count). The molecule has 1 amide bonds. The number of nitrogens with zero attached hydrogens (tertiary/aromatic N) is 2. The van der Waals surface area contributed by atoms with Gasteiger partial charge in [-0.3, -0.25) is 4.79 Å². The molecule has 5 heteroatoms. The van der Waals surface area contributed by atoms with Crippen LogP contribution in [0.5, 0.6) is 0 Å². The molecule has 3 fully saturated rings. The lowest BCUT2D eigenvalue weighted by Crippen LogP contribution is -2.80. The van der Waals surface area contributed by atoms with Gasteiger partial charge in [0.2, 0.25) is 5.91 Å². The molecule has 5 nitrogen and oxygen atoms in total. The van der Waals surface area contributed by atoms with Gasteiger partial charge in [0.25, 0.3) is 0 Å². The summed E-state index contributed by atoms with van der Waals surface area (Å²) in [6, 6.07) is 0.473. The number of hydrogen-bond donors (Lipinski definition) is 1. The van der Waals surface area contributed by atoms with Crippen molar-refractivity contribution in [2.24, 2.45) is 17.1 Å². The predicted octanol–water partition coefficient (Wildman–Crippen LogP) is 0.681. The third-order valence-corrected chi connectivity index (χ3v) is 6.31. The molecule has 4 unspecified atom stereocenters. The van der Waals surface area contributed by atoms with E-state index in [-0.39, 0.29) is 23.3 Å². The van der Waals surface area contributed by atoms with Gasteiger partial charge in [-0.1, -0.05) is 13.8 Å². The van der Waals surface area contributed by atoms with Crippen molar-refractivity contribution in [3.05, 3.63) is 0 Å². The van der Waals surface area contributed by atoms with Crippen LogP contribution in [0.1, 0.15) is 33.1 Å². The maximum Gasteiger partial charge on any atom is 0.243 e. The lowest BCUT2D eigenvalue weighted by Gasteiger charge is -2.61. The van der Waals surface area contributed by atoms with Gasteiger partial charge < -0.3 is 20.3 Å². The van der Waals surface area contributed by atoms with Gasteiger partial charge >= 0.3 is 0 Å². The SMILES string of the molecule is CN(CC1CCCN1C)C(=O)C1(N)C2CCOC2C1(C)C. The molecule has 21 heavy (non-hydrogen) atoms. The molecule has 0 radical (unpaired) electrons. The summed E-state index contributed by atoms with van der Waals surface area (Å²) in [6.07, 6.45) is 3.45. The standard InChI is InChI=1S/C16H29N3O2/c1-15(2)13-12(7-9-21-13)16(15,17)14(20)19(4)10-11-6-5-8-18(11)3/h11-13H,5-10,17H2,1-4H3. The number of carbonyl (C=O) groups excluding carboxylic acids is 1. The summed E-state index contributed by atoms with van der Waals surface area (Å²) < 4.78 is 5.78. The molecular formula is C16H29N3O2. The van der Waals surface area contributed by atoms with E-state index in [2.05, 4.69) is 25.8 Å². The van der Waals surface area contributed by atoms with Gasteiger partial charge in [-0.25, -0.2) is 0 Å². The summed E-state index contributed by atoms with van der Waals surface area (Å²) in [4.78, 5) is 17.2. The van der Waals surface area contributed by atoms with Gasteiger partial charge in [0, 0.05) is 37.6 Å². The third kappa shape index (κ3) is 1.97. The van der Waals surface area contributed by atoms with Crippen LogP contribution < -0.4 is 5.73 Å². The normalized spacial score (nSPS) is 41.7. The van der Waals surface area contributed by atoms with Crippen molar-refractivity contribution in [3.8, 4) is 0 Å². The maximum atomic E-state index is 13.0. The summed E-state index contributed by atoms with van der Waals surface area (Å²) in [7, 11) is 4.05. The van der Waals surface area contributed by atoms with E-state index in [1.54, 1.807) is 0 Å². The maximum absolute atomic E-state index is 13.0. The second kappa shape index (κ2) is 4.93. The van der Waals surface area contributed by atoms with Gasteiger partial charge in [0.1, 0.15) is 5.54 Å². The van der Waals surface area contributed by atoms with Crippen LogP contribution in [0.15, 0.2) is 0 Å². The Morgan fingerprint density at radius 1 is 1.43 bits per heavy atom. The Morgan fingerprint density at radius 3 is 2.76 bits per heavy atom. The minimum atomic E-state index is -0.764. The molecule has 120 valence electrons. The molecule has 2 heterocycles. The second-order valence-electron chi connectivity index (χ2n) is 7.74.